The smallest absolute Gasteiger partial charge is 0.225 e. The molecule has 2 N–H and O–H groups in total. The summed E-state index contributed by atoms with van der Waals surface area (Å²) in [5.41, 5.74) is 8.87. The molecule has 2 aromatic rings. The van der Waals surface area contributed by atoms with E-state index in [1.54, 1.807) is 13.4 Å². The topological polar surface area (TPSA) is 70.3 Å². The van der Waals surface area contributed by atoms with E-state index in [-0.39, 0.29) is 0 Å². The van der Waals surface area contributed by atoms with Crippen LogP contribution in [0.25, 0.3) is 0 Å². The van der Waals surface area contributed by atoms with Gasteiger partial charge in [0.25, 0.3) is 0 Å². The number of nitrogens with two attached hydrogens (primary N) is 1. The van der Waals surface area contributed by atoms with Crippen LogP contribution in [0.3, 0.4) is 0 Å². The van der Waals surface area contributed by atoms with Crippen LogP contribution in [0.15, 0.2) is 24.5 Å². The monoisotopic (exact) mass is 285 g/mol. The van der Waals surface area contributed by atoms with Crippen LogP contribution in [0.1, 0.15) is 29.7 Å². The maximum atomic E-state index is 5.98. The molecule has 5 heteroatoms. The predicted molar refractivity (Wildman–Crippen MR) is 79.6 cm³/mol. The number of fused-ring (bicyclic) bond motifs is 1. The van der Waals surface area contributed by atoms with Crippen molar-refractivity contribution in [3.8, 4) is 17.4 Å². The maximum Gasteiger partial charge on any atom is 0.225 e. The number of aromatic nitrogens is 2. The number of benzene rings is 1. The summed E-state index contributed by atoms with van der Waals surface area (Å²) in [5.74, 6) is 1.96. The van der Waals surface area contributed by atoms with E-state index < -0.39 is 0 Å². The van der Waals surface area contributed by atoms with Gasteiger partial charge in [0.2, 0.25) is 5.88 Å². The molecule has 1 aromatic carbocycles. The number of rotatable bonds is 4. The number of hydrogen-bond donors (Lipinski definition) is 1. The van der Waals surface area contributed by atoms with Crippen molar-refractivity contribution in [2.24, 2.45) is 5.73 Å². The fourth-order valence-electron chi connectivity index (χ4n) is 2.61. The number of ether oxygens (including phenoxy) is 2. The Labute approximate surface area is 124 Å². The molecule has 0 radical (unpaired) electrons. The lowest BCUT2D eigenvalue weighted by molar-refractivity contribution is 0.370. The van der Waals surface area contributed by atoms with Crippen molar-refractivity contribution in [2.45, 2.75) is 32.2 Å². The zero-order valence-electron chi connectivity index (χ0n) is 12.1. The van der Waals surface area contributed by atoms with E-state index in [0.29, 0.717) is 23.9 Å². The minimum absolute atomic E-state index is 0.472. The van der Waals surface area contributed by atoms with Gasteiger partial charge >= 0.3 is 0 Å². The minimum atomic E-state index is 0.472. The largest absolute Gasteiger partial charge is 0.493 e. The molecule has 0 saturated heterocycles. The third-order valence-electron chi connectivity index (χ3n) is 3.76. The molecule has 1 heterocycles. The van der Waals surface area contributed by atoms with Gasteiger partial charge in [0.05, 0.1) is 12.8 Å². The van der Waals surface area contributed by atoms with E-state index >= 15 is 0 Å². The van der Waals surface area contributed by atoms with Crippen LogP contribution in [0.5, 0.6) is 17.4 Å². The maximum absolute atomic E-state index is 5.98. The summed E-state index contributed by atoms with van der Waals surface area (Å²) in [4.78, 5) is 8.64. The fourth-order valence-corrected chi connectivity index (χ4v) is 2.61. The summed E-state index contributed by atoms with van der Waals surface area (Å²) < 4.78 is 11.4. The van der Waals surface area contributed by atoms with Gasteiger partial charge in [-0.1, -0.05) is 6.07 Å². The summed E-state index contributed by atoms with van der Waals surface area (Å²) in [6.07, 6.45) is 5.87. The molecular formula is C16H19N3O2. The van der Waals surface area contributed by atoms with Crippen LogP contribution in [-0.4, -0.2) is 17.1 Å². The second-order valence-electron chi connectivity index (χ2n) is 5.10. The van der Waals surface area contributed by atoms with Crippen LogP contribution in [-0.2, 0) is 19.4 Å². The molecule has 110 valence electrons. The van der Waals surface area contributed by atoms with E-state index in [1.807, 2.05) is 18.2 Å². The highest BCUT2D eigenvalue weighted by molar-refractivity contribution is 5.46. The Balaban J connectivity index is 1.93. The number of aryl methyl sites for hydroxylation is 1. The summed E-state index contributed by atoms with van der Waals surface area (Å²) in [5, 5.41) is 0. The van der Waals surface area contributed by atoms with Crippen molar-refractivity contribution in [1.82, 2.24) is 9.97 Å². The lowest BCUT2D eigenvalue weighted by atomic mass is 9.97. The van der Waals surface area contributed by atoms with Gasteiger partial charge in [-0.15, -0.1) is 0 Å². The Morgan fingerprint density at radius 2 is 2.00 bits per heavy atom. The Kier molecular flexibility index (Phi) is 4.01. The molecule has 1 aliphatic rings. The Bertz CT molecular complexity index is 643. The zero-order chi connectivity index (χ0) is 14.7. The molecule has 1 aliphatic carbocycles. The van der Waals surface area contributed by atoms with Gasteiger partial charge in [0, 0.05) is 12.1 Å². The molecular weight excluding hydrogens is 266 g/mol. The average molecular weight is 285 g/mol. The highest BCUT2D eigenvalue weighted by Gasteiger charge is 2.18. The molecule has 0 spiro atoms. The van der Waals surface area contributed by atoms with Crippen LogP contribution >= 0.6 is 0 Å². The lowest BCUT2D eigenvalue weighted by Gasteiger charge is -2.18. The predicted octanol–water partition coefficient (Wildman–Crippen LogP) is 2.62. The fraction of sp³-hybridized carbons (Fsp3) is 0.375. The van der Waals surface area contributed by atoms with E-state index in [2.05, 4.69) is 9.97 Å². The second-order valence-corrected chi connectivity index (χ2v) is 5.10. The lowest BCUT2D eigenvalue weighted by Crippen LogP contribution is -2.08. The Morgan fingerprint density at radius 3 is 2.81 bits per heavy atom. The highest BCUT2D eigenvalue weighted by atomic mass is 16.5. The van der Waals surface area contributed by atoms with Gasteiger partial charge < -0.3 is 15.2 Å². The molecule has 21 heavy (non-hydrogen) atoms. The van der Waals surface area contributed by atoms with Gasteiger partial charge in [-0.3, -0.25) is 0 Å². The van der Waals surface area contributed by atoms with Gasteiger partial charge in [0.15, 0.2) is 11.5 Å². The van der Waals surface area contributed by atoms with Crippen molar-refractivity contribution in [3.05, 3.63) is 41.3 Å². The SMILES string of the molecule is COc1cc(CN)ccc1Oc1ncnc2c1CCCC2. The third kappa shape index (κ3) is 2.83. The summed E-state index contributed by atoms with van der Waals surface area (Å²) in [6.45, 7) is 0.472. The van der Waals surface area contributed by atoms with Crippen molar-refractivity contribution in [1.29, 1.82) is 0 Å². The molecule has 1 aromatic heterocycles. The first kappa shape index (κ1) is 13.8. The Morgan fingerprint density at radius 1 is 1.14 bits per heavy atom. The molecule has 0 atom stereocenters. The van der Waals surface area contributed by atoms with E-state index in [1.165, 1.54) is 6.42 Å². The highest BCUT2D eigenvalue weighted by Crippen LogP contribution is 2.34. The molecule has 3 rings (SSSR count). The van der Waals surface area contributed by atoms with Gasteiger partial charge in [-0.05, 0) is 43.4 Å². The van der Waals surface area contributed by atoms with E-state index in [4.69, 9.17) is 15.2 Å². The van der Waals surface area contributed by atoms with Gasteiger partial charge in [-0.2, -0.15) is 0 Å². The van der Waals surface area contributed by atoms with Crippen molar-refractivity contribution < 1.29 is 9.47 Å². The quantitative estimate of drug-likeness (QED) is 0.935. The van der Waals surface area contributed by atoms with Gasteiger partial charge in [0.1, 0.15) is 6.33 Å². The molecule has 5 nitrogen and oxygen atoms in total. The van der Waals surface area contributed by atoms with Crippen LogP contribution in [0, 0.1) is 0 Å². The average Bonchev–Trinajstić information content (AvgIpc) is 2.55. The molecule has 0 fully saturated rings. The van der Waals surface area contributed by atoms with Crippen LogP contribution in [0.4, 0.5) is 0 Å². The summed E-state index contributed by atoms with van der Waals surface area (Å²) >= 11 is 0. The first-order valence-corrected chi connectivity index (χ1v) is 7.19. The van der Waals surface area contributed by atoms with Crippen LogP contribution < -0.4 is 15.2 Å². The normalized spacial score (nSPS) is 13.6. The van der Waals surface area contributed by atoms with Crippen molar-refractivity contribution in [3.63, 3.8) is 0 Å². The number of methoxy groups -OCH3 is 1. The summed E-state index contributed by atoms with van der Waals surface area (Å²) in [7, 11) is 1.62. The zero-order valence-corrected chi connectivity index (χ0v) is 12.1. The van der Waals surface area contributed by atoms with E-state index in [9.17, 15) is 0 Å². The molecule has 0 aliphatic heterocycles. The third-order valence-corrected chi connectivity index (χ3v) is 3.76. The first-order chi connectivity index (χ1) is 10.3. The Hall–Kier alpha value is -2.14. The molecule has 0 unspecified atom stereocenters. The number of nitrogens with zero attached hydrogens (tertiary/aromatic N) is 2. The second kappa shape index (κ2) is 6.10. The van der Waals surface area contributed by atoms with Crippen LogP contribution in [0.2, 0.25) is 0 Å². The molecule has 0 bridgehead atoms. The standard InChI is InChI=1S/C16H19N3O2/c1-20-15-8-11(9-17)6-7-14(15)21-16-12-4-2-3-5-13(12)18-10-19-16/h6-8,10H,2-5,9,17H2,1H3. The van der Waals surface area contributed by atoms with Crippen molar-refractivity contribution in [2.75, 3.05) is 7.11 Å². The first-order valence-electron chi connectivity index (χ1n) is 7.19. The minimum Gasteiger partial charge on any atom is -0.493 e. The van der Waals surface area contributed by atoms with Crippen molar-refractivity contribution >= 4 is 0 Å². The molecule has 0 saturated carbocycles. The van der Waals surface area contributed by atoms with E-state index in [0.717, 1.165) is 36.1 Å². The summed E-state index contributed by atoms with van der Waals surface area (Å²) in [6, 6.07) is 5.70. The van der Waals surface area contributed by atoms with Gasteiger partial charge in [-0.25, -0.2) is 9.97 Å². The molecule has 0 amide bonds. The number of hydrogen-bond acceptors (Lipinski definition) is 5.